The van der Waals surface area contributed by atoms with Gasteiger partial charge in [-0.1, -0.05) is 12.1 Å². The molecule has 0 saturated carbocycles. The van der Waals surface area contributed by atoms with Crippen LogP contribution in [0.1, 0.15) is 5.82 Å². The lowest BCUT2D eigenvalue weighted by atomic mass is 10.3. The molecule has 1 aromatic carbocycles. The average Bonchev–Trinajstić information content (AvgIpc) is 2.79. The molecule has 0 amide bonds. The van der Waals surface area contributed by atoms with Crippen LogP contribution in [0, 0.1) is 11.3 Å². The Labute approximate surface area is 117 Å². The lowest BCUT2D eigenvalue weighted by molar-refractivity contribution is 0.608. The van der Waals surface area contributed by atoms with Gasteiger partial charge in [0.1, 0.15) is 11.9 Å². The molecule has 0 aliphatic heterocycles. The summed E-state index contributed by atoms with van der Waals surface area (Å²) in [5.41, 5.74) is 1.86. The molecular weight excluding hydrogens is 276 g/mol. The standard InChI is InChI=1S/C13H14N4O2S/c1-20(18,19)10(8-14)9-15-7-6-13-16-11-4-2-3-5-12(11)17-13/h2-5,9,15H,6-7H2,1H3,(H,16,17). The number of allylic oxidation sites excluding steroid dienone is 1. The second-order valence-electron chi connectivity index (χ2n) is 4.30. The van der Waals surface area contributed by atoms with E-state index < -0.39 is 9.84 Å². The number of benzene rings is 1. The molecule has 104 valence electrons. The molecule has 0 saturated heterocycles. The fraction of sp³-hybridized carbons (Fsp3) is 0.231. The number of sulfone groups is 1. The summed E-state index contributed by atoms with van der Waals surface area (Å²) in [6, 6.07) is 9.35. The third kappa shape index (κ3) is 3.36. The lowest BCUT2D eigenvalue weighted by Crippen LogP contribution is -2.13. The van der Waals surface area contributed by atoms with Gasteiger partial charge in [0.15, 0.2) is 14.7 Å². The average molecular weight is 290 g/mol. The minimum absolute atomic E-state index is 0.276. The Bertz CT molecular complexity index is 751. The predicted molar refractivity (Wildman–Crippen MR) is 76.3 cm³/mol. The number of fused-ring (bicyclic) bond motifs is 1. The van der Waals surface area contributed by atoms with Crippen LogP contribution in [0.3, 0.4) is 0 Å². The van der Waals surface area contributed by atoms with E-state index in [1.165, 1.54) is 6.20 Å². The van der Waals surface area contributed by atoms with Gasteiger partial charge in [0.25, 0.3) is 0 Å². The molecule has 0 aliphatic rings. The van der Waals surface area contributed by atoms with Crippen molar-refractivity contribution in [3.8, 4) is 6.07 Å². The van der Waals surface area contributed by atoms with Crippen molar-refractivity contribution in [1.29, 1.82) is 5.26 Å². The van der Waals surface area contributed by atoms with E-state index in [1.807, 2.05) is 24.3 Å². The van der Waals surface area contributed by atoms with E-state index in [0.29, 0.717) is 13.0 Å². The topological polar surface area (TPSA) is 98.6 Å². The van der Waals surface area contributed by atoms with Crippen molar-refractivity contribution in [3.05, 3.63) is 41.2 Å². The van der Waals surface area contributed by atoms with Gasteiger partial charge in [0, 0.05) is 25.4 Å². The lowest BCUT2D eigenvalue weighted by Gasteiger charge is -1.99. The summed E-state index contributed by atoms with van der Waals surface area (Å²) >= 11 is 0. The highest BCUT2D eigenvalue weighted by Crippen LogP contribution is 2.10. The summed E-state index contributed by atoms with van der Waals surface area (Å²) in [5, 5.41) is 11.5. The number of hydrogen-bond donors (Lipinski definition) is 2. The van der Waals surface area contributed by atoms with E-state index in [1.54, 1.807) is 6.07 Å². The van der Waals surface area contributed by atoms with Crippen LogP contribution in [0.4, 0.5) is 0 Å². The second-order valence-corrected chi connectivity index (χ2v) is 6.28. The zero-order valence-corrected chi connectivity index (χ0v) is 11.7. The van der Waals surface area contributed by atoms with Crippen molar-refractivity contribution < 1.29 is 8.42 Å². The number of nitrogens with zero attached hydrogens (tertiary/aromatic N) is 2. The van der Waals surface area contributed by atoms with Gasteiger partial charge in [-0.3, -0.25) is 0 Å². The first-order chi connectivity index (χ1) is 9.50. The van der Waals surface area contributed by atoms with Gasteiger partial charge in [-0.2, -0.15) is 5.26 Å². The van der Waals surface area contributed by atoms with E-state index in [2.05, 4.69) is 15.3 Å². The Morgan fingerprint density at radius 2 is 2.25 bits per heavy atom. The molecule has 2 aromatic rings. The van der Waals surface area contributed by atoms with Gasteiger partial charge in [-0.15, -0.1) is 0 Å². The molecule has 0 radical (unpaired) electrons. The van der Waals surface area contributed by atoms with Crippen molar-refractivity contribution in [3.63, 3.8) is 0 Å². The number of hydrogen-bond acceptors (Lipinski definition) is 5. The molecule has 20 heavy (non-hydrogen) atoms. The van der Waals surface area contributed by atoms with Gasteiger partial charge in [0.05, 0.1) is 11.0 Å². The highest BCUT2D eigenvalue weighted by Gasteiger charge is 2.09. The number of rotatable bonds is 5. The molecule has 7 heteroatoms. The first-order valence-electron chi connectivity index (χ1n) is 5.98. The Hall–Kier alpha value is -2.33. The molecule has 0 spiro atoms. The van der Waals surface area contributed by atoms with Crippen LogP contribution >= 0.6 is 0 Å². The van der Waals surface area contributed by atoms with E-state index in [4.69, 9.17) is 5.26 Å². The number of para-hydroxylation sites is 2. The van der Waals surface area contributed by atoms with Crippen molar-refractivity contribution >= 4 is 20.9 Å². The summed E-state index contributed by atoms with van der Waals surface area (Å²) < 4.78 is 22.4. The quantitative estimate of drug-likeness (QED) is 0.634. The molecule has 0 aliphatic carbocycles. The van der Waals surface area contributed by atoms with Crippen LogP contribution in [0.25, 0.3) is 11.0 Å². The van der Waals surface area contributed by atoms with Crippen molar-refractivity contribution in [2.45, 2.75) is 6.42 Å². The minimum atomic E-state index is -3.47. The van der Waals surface area contributed by atoms with E-state index in [-0.39, 0.29) is 4.91 Å². The molecule has 0 unspecified atom stereocenters. The van der Waals surface area contributed by atoms with Crippen LogP contribution in [-0.2, 0) is 16.3 Å². The van der Waals surface area contributed by atoms with Crippen LogP contribution in [0.15, 0.2) is 35.4 Å². The van der Waals surface area contributed by atoms with Gasteiger partial charge >= 0.3 is 0 Å². The molecule has 0 atom stereocenters. The summed E-state index contributed by atoms with van der Waals surface area (Å²) in [6.45, 7) is 0.487. The molecule has 2 rings (SSSR count). The molecule has 0 fully saturated rings. The van der Waals surface area contributed by atoms with Gasteiger partial charge < -0.3 is 10.3 Å². The largest absolute Gasteiger partial charge is 0.389 e. The predicted octanol–water partition coefficient (Wildman–Crippen LogP) is 1.10. The fourth-order valence-corrected chi connectivity index (χ4v) is 2.16. The second kappa shape index (κ2) is 5.75. The highest BCUT2D eigenvalue weighted by molar-refractivity contribution is 7.94. The SMILES string of the molecule is CS(=O)(=O)C(C#N)=CNCCc1nc2ccccc2[nH]1. The molecule has 6 nitrogen and oxygen atoms in total. The molecule has 0 bridgehead atoms. The number of aromatic nitrogens is 2. The van der Waals surface area contributed by atoms with Gasteiger partial charge in [-0.25, -0.2) is 13.4 Å². The van der Waals surface area contributed by atoms with E-state index in [0.717, 1.165) is 23.1 Å². The molecule has 2 N–H and O–H groups in total. The maximum absolute atomic E-state index is 11.2. The number of aromatic amines is 1. The zero-order valence-electron chi connectivity index (χ0n) is 10.9. The highest BCUT2D eigenvalue weighted by atomic mass is 32.2. The number of nitrogens with one attached hydrogen (secondary N) is 2. The van der Waals surface area contributed by atoms with Crippen LogP contribution in [0.5, 0.6) is 0 Å². The number of H-pyrrole nitrogens is 1. The third-order valence-corrected chi connectivity index (χ3v) is 3.70. The Kier molecular flexibility index (Phi) is 4.05. The zero-order chi connectivity index (χ0) is 14.6. The smallest absolute Gasteiger partial charge is 0.186 e. The summed E-state index contributed by atoms with van der Waals surface area (Å²) in [7, 11) is -3.47. The van der Waals surface area contributed by atoms with Crippen molar-refractivity contribution in [2.24, 2.45) is 0 Å². The summed E-state index contributed by atoms with van der Waals surface area (Å²) in [4.78, 5) is 7.30. The summed E-state index contributed by atoms with van der Waals surface area (Å²) in [6.07, 6.45) is 2.83. The Morgan fingerprint density at radius 1 is 1.50 bits per heavy atom. The van der Waals surface area contributed by atoms with Gasteiger partial charge in [0.2, 0.25) is 0 Å². The minimum Gasteiger partial charge on any atom is -0.389 e. The maximum Gasteiger partial charge on any atom is 0.186 e. The van der Waals surface area contributed by atoms with Crippen molar-refractivity contribution in [2.75, 3.05) is 12.8 Å². The first kappa shape index (κ1) is 14.1. The van der Waals surface area contributed by atoms with Crippen LogP contribution in [0.2, 0.25) is 0 Å². The van der Waals surface area contributed by atoms with Crippen molar-refractivity contribution in [1.82, 2.24) is 15.3 Å². The Balaban J connectivity index is 1.97. The van der Waals surface area contributed by atoms with Crippen LogP contribution < -0.4 is 5.32 Å². The normalized spacial score (nSPS) is 12.3. The number of imidazole rings is 1. The monoisotopic (exact) mass is 290 g/mol. The third-order valence-electron chi connectivity index (χ3n) is 2.69. The summed E-state index contributed by atoms with van der Waals surface area (Å²) in [5.74, 6) is 0.810. The van der Waals surface area contributed by atoms with Crippen LogP contribution in [-0.4, -0.2) is 31.2 Å². The molecular formula is C13H14N4O2S. The Morgan fingerprint density at radius 3 is 2.90 bits per heavy atom. The molecule has 1 heterocycles. The van der Waals surface area contributed by atoms with Gasteiger partial charge in [-0.05, 0) is 12.1 Å². The van der Waals surface area contributed by atoms with E-state index in [9.17, 15) is 8.42 Å². The molecule has 1 aromatic heterocycles. The first-order valence-corrected chi connectivity index (χ1v) is 7.87. The van der Waals surface area contributed by atoms with E-state index >= 15 is 0 Å². The maximum atomic E-state index is 11.2. The fourth-order valence-electron chi connectivity index (χ4n) is 1.70. The number of nitriles is 1.